The smallest absolute Gasteiger partial charge is 0.430 e. The van der Waals surface area contributed by atoms with Crippen molar-refractivity contribution >= 4 is 35.8 Å². The fraction of sp³-hybridized carbons (Fsp3) is 0.421. The number of imide groups is 6. The van der Waals surface area contributed by atoms with Gasteiger partial charge < -0.3 is 37.1 Å². The van der Waals surface area contributed by atoms with E-state index in [2.05, 4.69) is 4.98 Å². The number of carbonyl (C=O) groups excluding carboxylic acids is 6. The fourth-order valence-corrected chi connectivity index (χ4v) is 2.23. The summed E-state index contributed by atoms with van der Waals surface area (Å²) < 4.78 is 15.5. The highest BCUT2D eigenvalue weighted by molar-refractivity contribution is 6.11. The number of carbonyl (C=O) groups is 6. The van der Waals surface area contributed by atoms with Gasteiger partial charge in [0.25, 0.3) is 29.5 Å². The third kappa shape index (κ3) is 8.07. The number of amides is 6. The summed E-state index contributed by atoms with van der Waals surface area (Å²) in [5.41, 5.74) is 20.8. The Morgan fingerprint density at radius 2 is 1.23 bits per heavy atom. The molecule has 0 bridgehead atoms. The van der Waals surface area contributed by atoms with Gasteiger partial charge in [-0.2, -0.15) is 9.80 Å². The van der Waals surface area contributed by atoms with Crippen molar-refractivity contribution in [1.82, 2.24) is 14.8 Å². The Morgan fingerprint density at radius 3 is 1.63 bits per heavy atom. The molecular weight excluding hydrogens is 470 g/mol. The molecule has 16 heteroatoms. The van der Waals surface area contributed by atoms with Crippen molar-refractivity contribution in [3.8, 4) is 17.4 Å². The second-order valence-electron chi connectivity index (χ2n) is 6.98. The zero-order valence-corrected chi connectivity index (χ0v) is 19.1. The van der Waals surface area contributed by atoms with E-state index in [0.29, 0.717) is 0 Å². The standard InChI is InChI=1S/C19H27N7O9/c1-10(2)9-33-12-3-11(34-18(31)25(13(27)4-20)14(28)5-21)8-24-17(12)35-19(32)26(15(29)6-22)16(30)7-23/h3,8,10H,4-7,9,20-23H2,1-2H3. The lowest BCUT2D eigenvalue weighted by molar-refractivity contribution is -0.141. The van der Waals surface area contributed by atoms with Crippen LogP contribution in [0.1, 0.15) is 13.8 Å². The summed E-state index contributed by atoms with van der Waals surface area (Å²) in [7, 11) is 0. The van der Waals surface area contributed by atoms with Crippen molar-refractivity contribution in [1.29, 1.82) is 0 Å². The SMILES string of the molecule is CC(C)COc1cc(OC(=O)N(C(=O)CN)C(=O)CN)cnc1OC(=O)N(C(=O)CN)C(=O)CN. The van der Waals surface area contributed by atoms with E-state index in [1.54, 1.807) is 13.8 Å². The van der Waals surface area contributed by atoms with Gasteiger partial charge in [0.2, 0.25) is 0 Å². The molecule has 0 aliphatic heterocycles. The van der Waals surface area contributed by atoms with Crippen LogP contribution in [0.5, 0.6) is 17.4 Å². The van der Waals surface area contributed by atoms with E-state index in [-0.39, 0.29) is 33.8 Å². The maximum Gasteiger partial charge on any atom is 0.430 e. The van der Waals surface area contributed by atoms with Crippen LogP contribution in [0, 0.1) is 5.92 Å². The van der Waals surface area contributed by atoms with E-state index in [0.717, 1.165) is 12.3 Å². The predicted octanol–water partition coefficient (Wildman–Crippen LogP) is -2.34. The van der Waals surface area contributed by atoms with Crippen LogP contribution >= 0.6 is 0 Å². The molecule has 6 amide bonds. The van der Waals surface area contributed by atoms with Gasteiger partial charge in [-0.05, 0) is 5.92 Å². The lowest BCUT2D eigenvalue weighted by Gasteiger charge is -2.19. The fourth-order valence-electron chi connectivity index (χ4n) is 2.23. The van der Waals surface area contributed by atoms with Crippen LogP contribution in [-0.2, 0) is 19.2 Å². The van der Waals surface area contributed by atoms with E-state index in [1.807, 2.05) is 0 Å². The molecule has 0 aliphatic rings. The van der Waals surface area contributed by atoms with E-state index in [9.17, 15) is 28.8 Å². The third-order valence-electron chi connectivity index (χ3n) is 3.82. The van der Waals surface area contributed by atoms with Gasteiger partial charge in [0.1, 0.15) is 0 Å². The van der Waals surface area contributed by atoms with Crippen molar-refractivity contribution in [2.45, 2.75) is 13.8 Å². The largest absolute Gasteiger partial charge is 0.488 e. The molecular formula is C19H27N7O9. The Hall–Kier alpha value is -3.99. The Morgan fingerprint density at radius 1 is 0.800 bits per heavy atom. The van der Waals surface area contributed by atoms with Crippen LogP contribution in [0.4, 0.5) is 9.59 Å². The molecule has 0 unspecified atom stereocenters. The van der Waals surface area contributed by atoms with Crippen LogP contribution in [0.25, 0.3) is 0 Å². The molecule has 0 spiro atoms. The number of hydrogen-bond donors (Lipinski definition) is 4. The first kappa shape index (κ1) is 29.0. The van der Waals surface area contributed by atoms with Crippen molar-refractivity contribution in [2.24, 2.45) is 28.9 Å². The topological polar surface area (TPSA) is 254 Å². The molecule has 1 aromatic heterocycles. The van der Waals surface area contributed by atoms with E-state index in [1.165, 1.54) is 0 Å². The normalized spacial score (nSPS) is 10.4. The average Bonchev–Trinajstić information content (AvgIpc) is 2.83. The minimum Gasteiger partial charge on any atom is -0.488 e. The number of ether oxygens (including phenoxy) is 3. The second kappa shape index (κ2) is 13.7. The second-order valence-corrected chi connectivity index (χ2v) is 6.98. The van der Waals surface area contributed by atoms with Gasteiger partial charge in [0.05, 0.1) is 39.0 Å². The quantitative estimate of drug-likeness (QED) is 0.279. The molecule has 0 saturated carbocycles. The van der Waals surface area contributed by atoms with Crippen LogP contribution in [-0.4, -0.2) is 83.4 Å². The summed E-state index contributed by atoms with van der Waals surface area (Å²) in [5, 5.41) is 0. The predicted molar refractivity (Wildman–Crippen MR) is 117 cm³/mol. The summed E-state index contributed by atoms with van der Waals surface area (Å²) in [4.78, 5) is 76.2. The first-order valence-corrected chi connectivity index (χ1v) is 10.1. The zero-order chi connectivity index (χ0) is 26.7. The van der Waals surface area contributed by atoms with Gasteiger partial charge >= 0.3 is 12.2 Å². The molecule has 192 valence electrons. The minimum absolute atomic E-state index is 0.0151. The maximum atomic E-state index is 12.4. The van der Waals surface area contributed by atoms with Crippen LogP contribution in [0.2, 0.25) is 0 Å². The highest BCUT2D eigenvalue weighted by atomic mass is 16.6. The number of hydrogen-bond acceptors (Lipinski definition) is 14. The van der Waals surface area contributed by atoms with Crippen molar-refractivity contribution < 1.29 is 43.0 Å². The molecule has 16 nitrogen and oxygen atoms in total. The van der Waals surface area contributed by atoms with Crippen LogP contribution < -0.4 is 37.1 Å². The van der Waals surface area contributed by atoms with Crippen LogP contribution in [0.15, 0.2) is 12.3 Å². The van der Waals surface area contributed by atoms with E-state index >= 15 is 0 Å². The molecule has 0 saturated heterocycles. The van der Waals surface area contributed by atoms with Gasteiger partial charge in [0, 0.05) is 6.07 Å². The van der Waals surface area contributed by atoms with Crippen LogP contribution in [0.3, 0.4) is 0 Å². The maximum absolute atomic E-state index is 12.4. The van der Waals surface area contributed by atoms with Gasteiger partial charge in [-0.25, -0.2) is 14.6 Å². The first-order chi connectivity index (χ1) is 16.5. The molecule has 0 atom stereocenters. The number of nitrogens with zero attached hydrogens (tertiary/aromatic N) is 3. The Kier molecular flexibility index (Phi) is 11.3. The lowest BCUT2D eigenvalue weighted by atomic mass is 10.2. The Labute approximate surface area is 199 Å². The number of rotatable bonds is 9. The third-order valence-corrected chi connectivity index (χ3v) is 3.82. The number of aromatic nitrogens is 1. The Bertz CT molecular complexity index is 951. The molecule has 0 radical (unpaired) electrons. The summed E-state index contributed by atoms with van der Waals surface area (Å²) in [6.07, 6.45) is -1.97. The molecule has 1 rings (SSSR count). The average molecular weight is 497 g/mol. The highest BCUT2D eigenvalue weighted by Gasteiger charge is 2.31. The summed E-state index contributed by atoms with van der Waals surface area (Å²) in [5.74, 6) is -5.34. The molecule has 0 aromatic carbocycles. The molecule has 8 N–H and O–H groups in total. The number of nitrogens with two attached hydrogens (primary N) is 4. The Balaban J connectivity index is 3.28. The zero-order valence-electron chi connectivity index (χ0n) is 19.1. The van der Waals surface area contributed by atoms with Gasteiger partial charge in [-0.15, -0.1) is 0 Å². The molecule has 1 heterocycles. The van der Waals surface area contributed by atoms with Crippen molar-refractivity contribution in [3.05, 3.63) is 12.3 Å². The monoisotopic (exact) mass is 497 g/mol. The molecule has 1 aromatic rings. The van der Waals surface area contributed by atoms with Gasteiger partial charge in [-0.3, -0.25) is 19.2 Å². The molecule has 0 aliphatic carbocycles. The first-order valence-electron chi connectivity index (χ1n) is 10.1. The molecule has 35 heavy (non-hydrogen) atoms. The van der Waals surface area contributed by atoms with Crippen molar-refractivity contribution in [3.63, 3.8) is 0 Å². The summed E-state index contributed by atoms with van der Waals surface area (Å²) in [6.45, 7) is 0.990. The number of pyridine rings is 1. The summed E-state index contributed by atoms with van der Waals surface area (Å²) in [6, 6.07) is 1.06. The van der Waals surface area contributed by atoms with Gasteiger partial charge in [-0.1, -0.05) is 13.8 Å². The van der Waals surface area contributed by atoms with E-state index < -0.39 is 67.9 Å². The molecule has 0 fully saturated rings. The lowest BCUT2D eigenvalue weighted by Crippen LogP contribution is -2.48. The summed E-state index contributed by atoms with van der Waals surface area (Å²) >= 11 is 0. The van der Waals surface area contributed by atoms with E-state index in [4.69, 9.17) is 37.1 Å². The highest BCUT2D eigenvalue weighted by Crippen LogP contribution is 2.30. The van der Waals surface area contributed by atoms with Gasteiger partial charge in [0.15, 0.2) is 11.5 Å². The van der Waals surface area contributed by atoms with Crippen molar-refractivity contribution in [2.75, 3.05) is 32.8 Å². The minimum atomic E-state index is -1.45.